The lowest BCUT2D eigenvalue weighted by molar-refractivity contribution is -0.406. The first-order valence-electron chi connectivity index (χ1n) is 7.82. The average Bonchev–Trinajstić information content (AvgIpc) is 2.95. The summed E-state index contributed by atoms with van der Waals surface area (Å²) in [6.07, 6.45) is 3.49. The third-order valence-electron chi connectivity index (χ3n) is 3.96. The van der Waals surface area contributed by atoms with Crippen molar-refractivity contribution >= 4 is 17.8 Å². The molecular weight excluding hydrogens is 288 g/mol. The molecule has 126 valence electrons. The van der Waals surface area contributed by atoms with Crippen LogP contribution in [0.3, 0.4) is 0 Å². The summed E-state index contributed by atoms with van der Waals surface area (Å²) in [5.41, 5.74) is 7.54. The van der Waals surface area contributed by atoms with Gasteiger partial charge in [0, 0.05) is 13.0 Å². The molecule has 1 fully saturated rings. The molecule has 7 N–H and O–H groups in total. The third-order valence-corrected chi connectivity index (χ3v) is 3.96. The van der Waals surface area contributed by atoms with Gasteiger partial charge in [0.25, 0.3) is 5.91 Å². The van der Waals surface area contributed by atoms with Crippen LogP contribution in [0.4, 0.5) is 0 Å². The molecule has 0 saturated carbocycles. The van der Waals surface area contributed by atoms with Crippen molar-refractivity contribution in [2.24, 2.45) is 0 Å². The lowest BCUT2D eigenvalue weighted by Crippen LogP contribution is -2.68. The summed E-state index contributed by atoms with van der Waals surface area (Å²) in [4.78, 5) is 36.6. The van der Waals surface area contributed by atoms with E-state index in [2.05, 4.69) is 16.8 Å². The Labute approximate surface area is 130 Å². The first-order chi connectivity index (χ1) is 10.4. The van der Waals surface area contributed by atoms with Crippen LogP contribution in [0.25, 0.3) is 0 Å². The van der Waals surface area contributed by atoms with Gasteiger partial charge in [0.05, 0.1) is 18.6 Å². The zero-order valence-corrected chi connectivity index (χ0v) is 13.2. The molecular formula is C14H27N4O4+. The molecule has 1 heterocycles. The number of unbranched alkanes of at least 4 members (excludes halogenated alkanes) is 1. The Bertz CT molecular complexity index is 416. The van der Waals surface area contributed by atoms with Gasteiger partial charge in [-0.25, -0.2) is 0 Å². The highest BCUT2D eigenvalue weighted by Crippen LogP contribution is 2.17. The van der Waals surface area contributed by atoms with Crippen LogP contribution in [0, 0.1) is 0 Å². The van der Waals surface area contributed by atoms with Gasteiger partial charge in [-0.05, 0) is 32.6 Å². The van der Waals surface area contributed by atoms with Crippen molar-refractivity contribution in [3.8, 4) is 0 Å². The summed E-state index contributed by atoms with van der Waals surface area (Å²) in [7, 11) is 0. The molecule has 1 aliphatic rings. The number of amides is 2. The monoisotopic (exact) mass is 315 g/mol. The van der Waals surface area contributed by atoms with E-state index in [4.69, 9.17) is 0 Å². The van der Waals surface area contributed by atoms with Crippen LogP contribution >= 0.6 is 0 Å². The molecule has 0 aromatic carbocycles. The normalized spacial score (nSPS) is 20.5. The van der Waals surface area contributed by atoms with E-state index in [9.17, 15) is 19.5 Å². The van der Waals surface area contributed by atoms with Crippen molar-refractivity contribution < 1.29 is 31.0 Å². The largest absolute Gasteiger partial charge is 0.548 e. The zero-order chi connectivity index (χ0) is 16.7. The van der Waals surface area contributed by atoms with Crippen LogP contribution in [0.5, 0.6) is 0 Å². The third kappa shape index (κ3) is 4.96. The van der Waals surface area contributed by atoms with Gasteiger partial charge in [-0.2, -0.15) is 0 Å². The summed E-state index contributed by atoms with van der Waals surface area (Å²) >= 11 is 0. The molecule has 8 nitrogen and oxygen atoms in total. The van der Waals surface area contributed by atoms with Gasteiger partial charge in [-0.15, -0.1) is 0 Å². The summed E-state index contributed by atoms with van der Waals surface area (Å²) in [6, 6.07) is -2.07. The van der Waals surface area contributed by atoms with Gasteiger partial charge in [-0.3, -0.25) is 9.59 Å². The fraction of sp³-hybridized carbons (Fsp3) is 0.786. The van der Waals surface area contributed by atoms with Crippen molar-refractivity contribution in [1.29, 1.82) is 0 Å². The topological polar surface area (TPSA) is 145 Å². The highest BCUT2D eigenvalue weighted by atomic mass is 16.4. The summed E-state index contributed by atoms with van der Waals surface area (Å²) in [6.45, 7) is 2.77. The Morgan fingerprint density at radius 3 is 2.64 bits per heavy atom. The molecule has 1 aliphatic heterocycles. The van der Waals surface area contributed by atoms with Crippen LogP contribution in [0.15, 0.2) is 0 Å². The maximum Gasteiger partial charge on any atom is 0.278 e. The van der Waals surface area contributed by atoms with Crippen LogP contribution in [-0.2, 0) is 14.4 Å². The van der Waals surface area contributed by atoms with Crippen LogP contribution in [0.1, 0.15) is 39.0 Å². The fourth-order valence-corrected chi connectivity index (χ4v) is 2.62. The van der Waals surface area contributed by atoms with Gasteiger partial charge in [-0.1, -0.05) is 0 Å². The predicted molar refractivity (Wildman–Crippen MR) is 75.6 cm³/mol. The van der Waals surface area contributed by atoms with E-state index < -0.39 is 24.1 Å². The van der Waals surface area contributed by atoms with E-state index in [-0.39, 0.29) is 11.8 Å². The number of aliphatic carboxylic acids is 1. The average molecular weight is 315 g/mol. The van der Waals surface area contributed by atoms with Gasteiger partial charge in [0.1, 0.15) is 6.04 Å². The van der Waals surface area contributed by atoms with Crippen molar-refractivity contribution in [2.45, 2.75) is 57.2 Å². The molecule has 0 aromatic rings. The van der Waals surface area contributed by atoms with Crippen LogP contribution in [-0.4, -0.2) is 53.9 Å². The molecule has 0 spiro atoms. The Kier molecular flexibility index (Phi) is 7.26. The number of carbonyl (C=O) groups excluding carboxylic acids is 3. The molecule has 0 unspecified atom stereocenters. The maximum absolute atomic E-state index is 12.3. The highest BCUT2D eigenvalue weighted by Gasteiger charge is 2.33. The molecule has 3 atom stereocenters. The van der Waals surface area contributed by atoms with Crippen molar-refractivity contribution in [1.82, 2.24) is 10.2 Å². The van der Waals surface area contributed by atoms with E-state index in [1.165, 1.54) is 4.90 Å². The Balaban J connectivity index is 2.49. The van der Waals surface area contributed by atoms with Crippen LogP contribution < -0.4 is 21.9 Å². The van der Waals surface area contributed by atoms with Crippen LogP contribution in [0.2, 0.25) is 0 Å². The number of quaternary nitrogens is 2. The second-order valence-electron chi connectivity index (χ2n) is 5.79. The Hall–Kier alpha value is -1.67. The summed E-state index contributed by atoms with van der Waals surface area (Å²) < 4.78 is 0. The van der Waals surface area contributed by atoms with Crippen molar-refractivity contribution in [2.75, 3.05) is 13.1 Å². The number of rotatable bonds is 8. The summed E-state index contributed by atoms with van der Waals surface area (Å²) in [5.74, 6) is -1.91. The van der Waals surface area contributed by atoms with Crippen molar-refractivity contribution in [3.63, 3.8) is 0 Å². The maximum atomic E-state index is 12.3. The molecule has 2 amide bonds. The minimum atomic E-state index is -1.24. The minimum absolute atomic E-state index is 0.283. The Morgan fingerprint density at radius 1 is 1.36 bits per heavy atom. The number of carboxylic acid groups (broad SMARTS) is 1. The quantitative estimate of drug-likeness (QED) is 0.395. The number of carboxylic acids is 1. The van der Waals surface area contributed by atoms with E-state index >= 15 is 0 Å². The molecule has 1 saturated heterocycles. The molecule has 0 bridgehead atoms. The predicted octanol–water partition coefficient (Wildman–Crippen LogP) is -3.75. The number of hydrogen-bond donors (Lipinski definition) is 3. The Morgan fingerprint density at radius 2 is 2.05 bits per heavy atom. The second kappa shape index (κ2) is 8.70. The zero-order valence-electron chi connectivity index (χ0n) is 13.2. The smallest absolute Gasteiger partial charge is 0.278 e. The number of hydrogen-bond acceptors (Lipinski definition) is 4. The number of likely N-dealkylation sites (tertiary alicyclic amines) is 1. The molecule has 22 heavy (non-hydrogen) atoms. The number of nitrogens with one attached hydrogen (secondary N) is 1. The number of nitrogens with zero attached hydrogens (tertiary/aromatic N) is 1. The lowest BCUT2D eigenvalue weighted by atomic mass is 10.1. The minimum Gasteiger partial charge on any atom is -0.548 e. The van der Waals surface area contributed by atoms with E-state index in [0.717, 1.165) is 19.4 Å². The van der Waals surface area contributed by atoms with Crippen molar-refractivity contribution in [3.05, 3.63) is 0 Å². The molecule has 1 rings (SSSR count). The van der Waals surface area contributed by atoms with Gasteiger partial charge in [0.2, 0.25) is 5.91 Å². The first kappa shape index (κ1) is 18.4. The molecule has 0 aromatic heterocycles. The van der Waals surface area contributed by atoms with Gasteiger partial charge < -0.3 is 31.6 Å². The summed E-state index contributed by atoms with van der Waals surface area (Å²) in [5, 5.41) is 13.6. The van der Waals surface area contributed by atoms with E-state index in [0.29, 0.717) is 25.8 Å². The fourth-order valence-electron chi connectivity index (χ4n) is 2.62. The van der Waals surface area contributed by atoms with E-state index in [1.807, 2.05) is 0 Å². The molecule has 8 heteroatoms. The molecule has 0 aliphatic carbocycles. The number of carbonyl (C=O) groups is 3. The van der Waals surface area contributed by atoms with Gasteiger partial charge >= 0.3 is 0 Å². The van der Waals surface area contributed by atoms with E-state index in [1.54, 1.807) is 6.92 Å². The first-order valence-corrected chi connectivity index (χ1v) is 7.82. The standard InChI is InChI=1S/C14H26N4O4/c1-9(17-12(19)10(16)5-2-3-7-15)13(20)18-8-4-6-11(18)14(21)22/h9-11H,2-8,15-16H2,1H3,(H,17,19)(H,21,22)/p+1/t9-,10-,11-/m0/s1. The lowest BCUT2D eigenvalue weighted by Gasteiger charge is -2.28. The highest BCUT2D eigenvalue weighted by molar-refractivity contribution is 5.91. The SMILES string of the molecule is C[C@H](NC(=O)[C@@H]([NH3+])CCCC[NH3+])C(=O)N1CCC[C@H]1C(=O)[O-]. The van der Waals surface area contributed by atoms with Gasteiger partial charge in [0.15, 0.2) is 6.04 Å². The molecule has 0 radical (unpaired) electrons. The second-order valence-corrected chi connectivity index (χ2v) is 5.79.